The van der Waals surface area contributed by atoms with E-state index in [1.54, 1.807) is 0 Å². The molecule has 2 rings (SSSR count). The number of hydrogen-bond acceptors (Lipinski definition) is 3. The third-order valence-electron chi connectivity index (χ3n) is 2.64. The second kappa shape index (κ2) is 6.47. The second-order valence-corrected chi connectivity index (χ2v) is 3.82. The van der Waals surface area contributed by atoms with Crippen LogP contribution in [0.4, 0.5) is 0 Å². The summed E-state index contributed by atoms with van der Waals surface area (Å²) in [4.78, 5) is 11.6. The lowest BCUT2D eigenvalue weighted by Crippen LogP contribution is -2.31. The number of carbonyl (C=O) groups excluding carboxylic acids is 1. The quantitative estimate of drug-likeness (QED) is 0.853. The zero-order chi connectivity index (χ0) is 11.4. The summed E-state index contributed by atoms with van der Waals surface area (Å²) in [5, 5.41) is 5.92. The summed E-state index contributed by atoms with van der Waals surface area (Å²) in [6, 6.07) is 7.81. The maximum Gasteiger partial charge on any atom is 0.221 e. The van der Waals surface area contributed by atoms with Crippen molar-refractivity contribution in [3.05, 3.63) is 29.8 Å². The minimum Gasteiger partial charge on any atom is -0.491 e. The third kappa shape index (κ3) is 3.35. The normalized spacial score (nSPS) is 16.6. The predicted octanol–water partition coefficient (Wildman–Crippen LogP) is 1.27. The topological polar surface area (TPSA) is 50.4 Å². The molecule has 0 aliphatic carbocycles. The van der Waals surface area contributed by atoms with Crippen molar-refractivity contribution in [1.29, 1.82) is 0 Å². The molecule has 1 aromatic carbocycles. The van der Waals surface area contributed by atoms with E-state index in [1.165, 1.54) is 0 Å². The molecular weight excluding hydrogens is 240 g/mol. The van der Waals surface area contributed by atoms with Crippen molar-refractivity contribution in [3.8, 4) is 5.75 Å². The largest absolute Gasteiger partial charge is 0.491 e. The molecule has 1 atom stereocenters. The first-order valence-electron chi connectivity index (χ1n) is 5.47. The Morgan fingerprint density at radius 1 is 1.47 bits per heavy atom. The third-order valence-corrected chi connectivity index (χ3v) is 2.64. The first kappa shape index (κ1) is 13.8. The van der Waals surface area contributed by atoms with Crippen LogP contribution in [0.2, 0.25) is 0 Å². The van der Waals surface area contributed by atoms with Crippen molar-refractivity contribution in [2.24, 2.45) is 0 Å². The minimum absolute atomic E-state index is 0. The Kier molecular flexibility index (Phi) is 5.25. The average molecular weight is 257 g/mol. The molecule has 17 heavy (non-hydrogen) atoms. The molecular formula is C12H17ClN2O2. The van der Waals surface area contributed by atoms with Gasteiger partial charge < -0.3 is 15.4 Å². The average Bonchev–Trinajstić information content (AvgIpc) is 2.70. The number of ether oxygens (including phenoxy) is 1. The highest BCUT2D eigenvalue weighted by Crippen LogP contribution is 2.31. The minimum atomic E-state index is 0. The number of amides is 1. The van der Waals surface area contributed by atoms with Gasteiger partial charge in [0.25, 0.3) is 0 Å². The van der Waals surface area contributed by atoms with Gasteiger partial charge >= 0.3 is 0 Å². The van der Waals surface area contributed by atoms with Gasteiger partial charge in [-0.2, -0.15) is 0 Å². The summed E-state index contributed by atoms with van der Waals surface area (Å²) in [6.07, 6.45) is 0.495. The van der Waals surface area contributed by atoms with Crippen molar-refractivity contribution in [2.75, 3.05) is 20.2 Å². The number of benzene rings is 1. The summed E-state index contributed by atoms with van der Waals surface area (Å²) >= 11 is 0. The van der Waals surface area contributed by atoms with Crippen LogP contribution >= 0.6 is 12.4 Å². The van der Waals surface area contributed by atoms with Gasteiger partial charge in [-0.1, -0.05) is 18.2 Å². The highest BCUT2D eigenvalue weighted by molar-refractivity contribution is 5.85. The molecule has 1 heterocycles. The monoisotopic (exact) mass is 256 g/mol. The van der Waals surface area contributed by atoms with E-state index < -0.39 is 0 Å². The molecule has 0 spiro atoms. The first-order chi connectivity index (χ1) is 7.81. The Morgan fingerprint density at radius 3 is 3.00 bits per heavy atom. The molecule has 0 radical (unpaired) electrons. The Labute approximate surface area is 107 Å². The van der Waals surface area contributed by atoms with E-state index >= 15 is 0 Å². The molecule has 5 heteroatoms. The van der Waals surface area contributed by atoms with Crippen LogP contribution < -0.4 is 15.4 Å². The SMILES string of the molecule is CNCCC(=O)NC1COc2ccccc21.Cl. The lowest BCUT2D eigenvalue weighted by molar-refractivity contribution is -0.121. The number of fused-ring (bicyclic) bond motifs is 1. The standard InChI is InChI=1S/C12H16N2O2.ClH/c1-13-7-6-12(15)14-10-8-16-11-5-3-2-4-9(10)11;/h2-5,10,13H,6-8H2,1H3,(H,14,15);1H. The summed E-state index contributed by atoms with van der Waals surface area (Å²) in [7, 11) is 1.83. The number of carbonyl (C=O) groups is 1. The second-order valence-electron chi connectivity index (χ2n) is 3.82. The van der Waals surface area contributed by atoms with Gasteiger partial charge in [0.1, 0.15) is 12.4 Å². The number of hydrogen-bond donors (Lipinski definition) is 2. The van der Waals surface area contributed by atoms with Crippen molar-refractivity contribution >= 4 is 18.3 Å². The van der Waals surface area contributed by atoms with E-state index in [2.05, 4.69) is 10.6 Å². The number of nitrogens with one attached hydrogen (secondary N) is 2. The van der Waals surface area contributed by atoms with Gasteiger partial charge in [0, 0.05) is 18.5 Å². The summed E-state index contributed by atoms with van der Waals surface area (Å²) in [5.74, 6) is 0.932. The first-order valence-corrected chi connectivity index (χ1v) is 5.47. The molecule has 1 amide bonds. The molecule has 0 saturated heterocycles. The number of para-hydroxylation sites is 1. The molecule has 2 N–H and O–H groups in total. The summed E-state index contributed by atoms with van der Waals surface area (Å²) < 4.78 is 5.49. The van der Waals surface area contributed by atoms with Gasteiger partial charge in [0.15, 0.2) is 0 Å². The fraction of sp³-hybridized carbons (Fsp3) is 0.417. The van der Waals surface area contributed by atoms with E-state index in [-0.39, 0.29) is 24.4 Å². The maximum atomic E-state index is 11.6. The van der Waals surface area contributed by atoms with Gasteiger partial charge in [-0.25, -0.2) is 0 Å². The van der Waals surface area contributed by atoms with Gasteiger partial charge in [0.2, 0.25) is 5.91 Å². The molecule has 0 aromatic heterocycles. The smallest absolute Gasteiger partial charge is 0.221 e. The Hall–Kier alpha value is -1.26. The molecule has 0 saturated carbocycles. The highest BCUT2D eigenvalue weighted by Gasteiger charge is 2.24. The van der Waals surface area contributed by atoms with Gasteiger partial charge in [0.05, 0.1) is 6.04 Å². The van der Waals surface area contributed by atoms with Crippen molar-refractivity contribution in [3.63, 3.8) is 0 Å². The van der Waals surface area contributed by atoms with E-state index in [4.69, 9.17) is 4.74 Å². The predicted molar refractivity (Wildman–Crippen MR) is 68.6 cm³/mol. The molecule has 94 valence electrons. The van der Waals surface area contributed by atoms with Crippen LogP contribution in [0.15, 0.2) is 24.3 Å². The van der Waals surface area contributed by atoms with E-state index in [9.17, 15) is 4.79 Å². The lowest BCUT2D eigenvalue weighted by Gasteiger charge is -2.11. The van der Waals surface area contributed by atoms with Gasteiger partial charge in [-0.05, 0) is 13.1 Å². The van der Waals surface area contributed by atoms with Crippen molar-refractivity contribution in [1.82, 2.24) is 10.6 Å². The molecule has 0 fully saturated rings. The Balaban J connectivity index is 0.00000144. The van der Waals surface area contributed by atoms with Crippen molar-refractivity contribution < 1.29 is 9.53 Å². The van der Waals surface area contributed by atoms with E-state index in [0.29, 0.717) is 19.6 Å². The fourth-order valence-corrected chi connectivity index (χ4v) is 1.79. The van der Waals surface area contributed by atoms with Gasteiger partial charge in [-0.3, -0.25) is 4.79 Å². The zero-order valence-electron chi connectivity index (χ0n) is 9.73. The van der Waals surface area contributed by atoms with Crippen molar-refractivity contribution in [2.45, 2.75) is 12.5 Å². The van der Waals surface area contributed by atoms with Crippen LogP contribution in [-0.2, 0) is 4.79 Å². The van der Waals surface area contributed by atoms with Crippen LogP contribution in [0.1, 0.15) is 18.0 Å². The molecule has 4 nitrogen and oxygen atoms in total. The summed E-state index contributed by atoms with van der Waals surface area (Å²) in [5.41, 5.74) is 1.07. The lowest BCUT2D eigenvalue weighted by atomic mass is 10.1. The number of rotatable bonds is 4. The van der Waals surface area contributed by atoms with Crippen LogP contribution in [0.3, 0.4) is 0 Å². The van der Waals surface area contributed by atoms with Gasteiger partial charge in [-0.15, -0.1) is 12.4 Å². The van der Waals surface area contributed by atoms with Crippen LogP contribution in [0.25, 0.3) is 0 Å². The van der Waals surface area contributed by atoms with Crippen LogP contribution in [0.5, 0.6) is 5.75 Å². The Morgan fingerprint density at radius 2 is 2.24 bits per heavy atom. The van der Waals surface area contributed by atoms with Crippen LogP contribution in [-0.4, -0.2) is 26.1 Å². The number of halogens is 1. The molecule has 1 unspecified atom stereocenters. The molecule has 0 bridgehead atoms. The Bertz CT molecular complexity index is 385. The zero-order valence-corrected chi connectivity index (χ0v) is 10.5. The molecule has 1 aliphatic rings. The van der Waals surface area contributed by atoms with E-state index in [1.807, 2.05) is 31.3 Å². The van der Waals surface area contributed by atoms with Crippen LogP contribution in [0, 0.1) is 0 Å². The molecule has 1 aliphatic heterocycles. The fourth-order valence-electron chi connectivity index (χ4n) is 1.79. The highest BCUT2D eigenvalue weighted by atomic mass is 35.5. The summed E-state index contributed by atoms with van der Waals surface area (Å²) in [6.45, 7) is 1.23. The van der Waals surface area contributed by atoms with E-state index in [0.717, 1.165) is 11.3 Å². The maximum absolute atomic E-state index is 11.6. The molecule has 1 aromatic rings.